The molecule has 2 heterocycles. The third-order valence-corrected chi connectivity index (χ3v) is 8.62. The first kappa shape index (κ1) is 18.4. The van der Waals surface area contributed by atoms with Gasteiger partial charge in [0, 0.05) is 0 Å². The zero-order valence-corrected chi connectivity index (χ0v) is 17.0. The summed E-state index contributed by atoms with van der Waals surface area (Å²) in [6.07, 6.45) is 13.1. The third-order valence-electron chi connectivity index (χ3n) is 8.62. The average molecular weight is 377 g/mol. The van der Waals surface area contributed by atoms with Crippen LogP contribution in [0.5, 0.6) is 0 Å². The Kier molecular flexibility index (Phi) is 4.79. The van der Waals surface area contributed by atoms with Crippen LogP contribution in [-0.4, -0.2) is 37.0 Å². The second kappa shape index (κ2) is 7.02. The van der Waals surface area contributed by atoms with Gasteiger partial charge in [-0.25, -0.2) is 0 Å². The van der Waals surface area contributed by atoms with Crippen molar-refractivity contribution in [1.29, 1.82) is 0 Å². The number of hydrogen-bond acceptors (Lipinski definition) is 4. The quantitative estimate of drug-likeness (QED) is 0.524. The van der Waals surface area contributed by atoms with Crippen molar-refractivity contribution in [2.75, 3.05) is 6.61 Å². The standard InChI is InChI=1S/C23H36O4/c1-14-5-3-4-6-16(14)11-23(8-7-18-21(12-23)26-18)22(24)25-13-17-10-20-19(27-20)9-15(17)2/h14-21H,3-13H2,1-2H3. The molecule has 2 aliphatic heterocycles. The molecule has 4 nitrogen and oxygen atoms in total. The lowest BCUT2D eigenvalue weighted by Gasteiger charge is -2.40. The van der Waals surface area contributed by atoms with Crippen molar-refractivity contribution in [2.45, 2.75) is 102 Å². The topological polar surface area (TPSA) is 51.4 Å². The van der Waals surface area contributed by atoms with E-state index in [0.29, 0.717) is 48.8 Å². The van der Waals surface area contributed by atoms with E-state index in [-0.39, 0.29) is 11.4 Å². The summed E-state index contributed by atoms with van der Waals surface area (Å²) in [5.74, 6) is 2.56. The lowest BCUT2D eigenvalue weighted by Crippen LogP contribution is -2.41. The molecular weight excluding hydrogens is 340 g/mol. The molecule has 0 aromatic heterocycles. The van der Waals surface area contributed by atoms with E-state index in [1.165, 1.54) is 25.7 Å². The number of ether oxygens (including phenoxy) is 3. The molecule has 0 aromatic carbocycles. The molecule has 5 aliphatic rings. The van der Waals surface area contributed by atoms with Gasteiger partial charge in [-0.2, -0.15) is 0 Å². The fourth-order valence-corrected chi connectivity index (χ4v) is 6.42. The molecule has 5 rings (SSSR count). The normalized spacial score (nSPS) is 51.0. The molecule has 3 saturated carbocycles. The number of hydrogen-bond donors (Lipinski definition) is 0. The molecule has 152 valence electrons. The Balaban J connectivity index is 1.24. The van der Waals surface area contributed by atoms with E-state index in [0.717, 1.165) is 44.4 Å². The van der Waals surface area contributed by atoms with E-state index in [9.17, 15) is 4.79 Å². The summed E-state index contributed by atoms with van der Waals surface area (Å²) in [4.78, 5) is 13.4. The van der Waals surface area contributed by atoms with Crippen molar-refractivity contribution in [3.05, 3.63) is 0 Å². The Bertz CT molecular complexity index is 577. The zero-order valence-electron chi connectivity index (χ0n) is 17.0. The lowest BCUT2D eigenvalue weighted by atomic mass is 9.64. The predicted octanol–water partition coefficient (Wildman–Crippen LogP) is 4.50. The highest BCUT2D eigenvalue weighted by molar-refractivity contribution is 5.77. The molecule has 0 radical (unpaired) electrons. The summed E-state index contributed by atoms with van der Waals surface area (Å²) in [6, 6.07) is 0. The third kappa shape index (κ3) is 3.69. The van der Waals surface area contributed by atoms with Gasteiger partial charge in [0.15, 0.2) is 0 Å². The highest BCUT2D eigenvalue weighted by Crippen LogP contribution is 2.52. The summed E-state index contributed by atoms with van der Waals surface area (Å²) in [7, 11) is 0. The number of carbonyl (C=O) groups excluding carboxylic acids is 1. The van der Waals surface area contributed by atoms with Gasteiger partial charge in [0.25, 0.3) is 0 Å². The van der Waals surface area contributed by atoms with Crippen LogP contribution in [-0.2, 0) is 19.0 Å². The van der Waals surface area contributed by atoms with Crippen LogP contribution >= 0.6 is 0 Å². The molecular formula is C23H36O4. The van der Waals surface area contributed by atoms with Crippen LogP contribution < -0.4 is 0 Å². The monoisotopic (exact) mass is 376 g/mol. The van der Waals surface area contributed by atoms with E-state index in [4.69, 9.17) is 14.2 Å². The number of epoxide rings is 2. The van der Waals surface area contributed by atoms with Crippen molar-refractivity contribution >= 4 is 5.97 Å². The van der Waals surface area contributed by atoms with Gasteiger partial charge in [0.2, 0.25) is 0 Å². The van der Waals surface area contributed by atoms with Gasteiger partial charge >= 0.3 is 5.97 Å². The molecule has 5 fully saturated rings. The average Bonchev–Trinajstić information content (AvgIpc) is 3.56. The Morgan fingerprint density at radius 2 is 1.70 bits per heavy atom. The first-order valence-corrected chi connectivity index (χ1v) is 11.5. The van der Waals surface area contributed by atoms with E-state index < -0.39 is 0 Å². The smallest absolute Gasteiger partial charge is 0.312 e. The van der Waals surface area contributed by atoms with Crippen molar-refractivity contribution in [3.8, 4) is 0 Å². The number of esters is 1. The highest BCUT2D eigenvalue weighted by atomic mass is 16.6. The van der Waals surface area contributed by atoms with Crippen LogP contribution in [0.15, 0.2) is 0 Å². The molecule has 4 heteroatoms. The predicted molar refractivity (Wildman–Crippen MR) is 102 cm³/mol. The van der Waals surface area contributed by atoms with Gasteiger partial charge in [0.05, 0.1) is 36.4 Å². The molecule has 9 atom stereocenters. The van der Waals surface area contributed by atoms with Crippen LogP contribution in [0.25, 0.3) is 0 Å². The minimum Gasteiger partial charge on any atom is -0.465 e. The van der Waals surface area contributed by atoms with Gasteiger partial charge in [-0.1, -0.05) is 39.5 Å². The zero-order chi connectivity index (χ0) is 18.6. The minimum atomic E-state index is -0.287. The van der Waals surface area contributed by atoms with E-state index in [1.807, 2.05) is 0 Å². The van der Waals surface area contributed by atoms with E-state index in [1.54, 1.807) is 0 Å². The van der Waals surface area contributed by atoms with Gasteiger partial charge in [0.1, 0.15) is 0 Å². The molecule has 0 amide bonds. The molecule has 0 aromatic rings. The Morgan fingerprint density at radius 1 is 0.926 bits per heavy atom. The maximum Gasteiger partial charge on any atom is 0.312 e. The van der Waals surface area contributed by atoms with Gasteiger partial charge in [-0.05, 0) is 62.2 Å². The maximum atomic E-state index is 13.4. The van der Waals surface area contributed by atoms with Crippen molar-refractivity contribution in [3.63, 3.8) is 0 Å². The Labute approximate surface area is 163 Å². The van der Waals surface area contributed by atoms with Crippen molar-refractivity contribution in [1.82, 2.24) is 0 Å². The SMILES string of the molecule is CC1CC2OC2CC1COC(=O)C1(CC2CCCCC2C)CCC2OC2C1. The highest BCUT2D eigenvalue weighted by Gasteiger charge is 2.55. The second-order valence-electron chi connectivity index (χ2n) is 10.5. The Hall–Kier alpha value is -0.610. The molecule has 0 spiro atoms. The first-order chi connectivity index (χ1) is 13.0. The number of fused-ring (bicyclic) bond motifs is 2. The molecule has 27 heavy (non-hydrogen) atoms. The number of carbonyl (C=O) groups is 1. The maximum absolute atomic E-state index is 13.4. The summed E-state index contributed by atoms with van der Waals surface area (Å²) in [5, 5.41) is 0. The van der Waals surface area contributed by atoms with Gasteiger partial charge < -0.3 is 14.2 Å². The minimum absolute atomic E-state index is 0.0836. The fraction of sp³-hybridized carbons (Fsp3) is 0.957. The second-order valence-corrected chi connectivity index (χ2v) is 10.5. The summed E-state index contributed by atoms with van der Waals surface area (Å²) in [5.41, 5.74) is -0.287. The van der Waals surface area contributed by atoms with Crippen LogP contribution in [0.2, 0.25) is 0 Å². The van der Waals surface area contributed by atoms with Crippen LogP contribution in [0.1, 0.15) is 78.1 Å². The number of rotatable bonds is 5. The van der Waals surface area contributed by atoms with Crippen LogP contribution in [0, 0.1) is 29.1 Å². The Morgan fingerprint density at radius 3 is 2.52 bits per heavy atom. The van der Waals surface area contributed by atoms with E-state index >= 15 is 0 Å². The molecule has 0 N–H and O–H groups in total. The largest absolute Gasteiger partial charge is 0.465 e. The van der Waals surface area contributed by atoms with E-state index in [2.05, 4.69) is 13.8 Å². The van der Waals surface area contributed by atoms with Gasteiger partial charge in [-0.15, -0.1) is 0 Å². The molecule has 0 bridgehead atoms. The first-order valence-electron chi connectivity index (χ1n) is 11.5. The molecule has 3 aliphatic carbocycles. The fourth-order valence-electron chi connectivity index (χ4n) is 6.42. The summed E-state index contributed by atoms with van der Waals surface area (Å²) in [6.45, 7) is 5.26. The molecule has 9 unspecified atom stereocenters. The van der Waals surface area contributed by atoms with Gasteiger partial charge in [-0.3, -0.25) is 4.79 Å². The lowest BCUT2D eigenvalue weighted by molar-refractivity contribution is -0.162. The van der Waals surface area contributed by atoms with Crippen LogP contribution in [0.3, 0.4) is 0 Å². The van der Waals surface area contributed by atoms with Crippen molar-refractivity contribution in [2.24, 2.45) is 29.1 Å². The van der Waals surface area contributed by atoms with Crippen LogP contribution in [0.4, 0.5) is 0 Å². The summed E-state index contributed by atoms with van der Waals surface area (Å²) >= 11 is 0. The summed E-state index contributed by atoms with van der Waals surface area (Å²) < 4.78 is 17.6. The molecule has 2 saturated heterocycles. The van der Waals surface area contributed by atoms with Crippen molar-refractivity contribution < 1.29 is 19.0 Å².